The van der Waals surface area contributed by atoms with Gasteiger partial charge in [-0.25, -0.2) is 4.79 Å². The number of ether oxygens (including phenoxy) is 1. The van der Waals surface area contributed by atoms with Crippen molar-refractivity contribution in [1.29, 1.82) is 0 Å². The molecule has 0 aliphatic carbocycles. The number of aliphatic hydroxyl groups is 2. The van der Waals surface area contributed by atoms with E-state index in [1.54, 1.807) is 18.2 Å². The average molecular weight is 332 g/mol. The molecule has 0 radical (unpaired) electrons. The normalized spacial score (nSPS) is 23.3. The third-order valence-electron chi connectivity index (χ3n) is 4.09. The molecule has 2 atom stereocenters. The van der Waals surface area contributed by atoms with Crippen LogP contribution in [0.5, 0.6) is 0 Å². The number of aromatic nitrogens is 2. The Morgan fingerprint density at radius 3 is 2.62 bits per heavy atom. The molecule has 24 heavy (non-hydrogen) atoms. The lowest BCUT2D eigenvalue weighted by Crippen LogP contribution is -2.50. The van der Waals surface area contributed by atoms with Gasteiger partial charge in [-0.15, -0.1) is 0 Å². The van der Waals surface area contributed by atoms with Crippen LogP contribution in [0.4, 0.5) is 0 Å². The van der Waals surface area contributed by atoms with Gasteiger partial charge in [-0.2, -0.15) is 4.57 Å². The summed E-state index contributed by atoms with van der Waals surface area (Å²) in [6, 6.07) is 8.11. The lowest BCUT2D eigenvalue weighted by molar-refractivity contribution is -0.0416. The van der Waals surface area contributed by atoms with E-state index >= 15 is 0 Å². The number of rotatable bonds is 3. The van der Waals surface area contributed by atoms with Gasteiger partial charge in [0.25, 0.3) is 11.5 Å². The van der Waals surface area contributed by atoms with Crippen molar-refractivity contribution in [1.82, 2.24) is 9.13 Å². The van der Waals surface area contributed by atoms with Crippen molar-refractivity contribution < 1.29 is 19.7 Å². The lowest BCUT2D eigenvalue weighted by atomic mass is 9.99. The summed E-state index contributed by atoms with van der Waals surface area (Å²) in [4.78, 5) is 37.2. The molecule has 126 valence electrons. The van der Waals surface area contributed by atoms with Crippen LogP contribution >= 0.6 is 0 Å². The van der Waals surface area contributed by atoms with Gasteiger partial charge in [-0.05, 0) is 12.1 Å². The van der Waals surface area contributed by atoms with Crippen molar-refractivity contribution in [3.8, 4) is 0 Å². The molecule has 0 unspecified atom stereocenters. The smallest absolute Gasteiger partial charge is 0.338 e. The average Bonchev–Trinajstić information content (AvgIpc) is 2.98. The van der Waals surface area contributed by atoms with Crippen LogP contribution < -0.4 is 11.2 Å². The maximum absolute atomic E-state index is 12.7. The van der Waals surface area contributed by atoms with Crippen LogP contribution in [-0.2, 0) is 4.74 Å². The maximum atomic E-state index is 12.7. The van der Waals surface area contributed by atoms with E-state index in [4.69, 9.17) is 4.74 Å². The summed E-state index contributed by atoms with van der Waals surface area (Å²) in [6.07, 6.45) is 1.19. The molecule has 2 aromatic rings. The Morgan fingerprint density at radius 1 is 1.25 bits per heavy atom. The molecule has 1 saturated heterocycles. The van der Waals surface area contributed by atoms with E-state index in [1.807, 2.05) is 0 Å². The summed E-state index contributed by atoms with van der Waals surface area (Å²) in [5.41, 5.74) is -3.12. The third-order valence-corrected chi connectivity index (χ3v) is 4.09. The van der Waals surface area contributed by atoms with E-state index in [2.05, 4.69) is 0 Å². The largest absolute Gasteiger partial charge is 0.393 e. The maximum Gasteiger partial charge on any atom is 0.338 e. The summed E-state index contributed by atoms with van der Waals surface area (Å²) < 4.78 is 6.70. The fourth-order valence-electron chi connectivity index (χ4n) is 2.71. The second-order valence-electron chi connectivity index (χ2n) is 5.64. The number of carbonyl (C=O) groups excluding carboxylic acids is 1. The Balaban J connectivity index is 2.12. The highest BCUT2D eigenvalue weighted by atomic mass is 16.5. The SMILES string of the molecule is O=C(c1ccccc1)n1c(=O)ccn([C@@H]2COC[C@]2(O)CO)c1=O. The molecule has 0 bridgehead atoms. The minimum absolute atomic E-state index is 0.0191. The zero-order valence-electron chi connectivity index (χ0n) is 12.7. The monoisotopic (exact) mass is 332 g/mol. The molecule has 3 rings (SSSR count). The summed E-state index contributed by atoms with van der Waals surface area (Å²) in [5, 5.41) is 19.7. The fraction of sp³-hybridized carbons (Fsp3) is 0.312. The summed E-state index contributed by atoms with van der Waals surface area (Å²) >= 11 is 0. The molecule has 2 heterocycles. The van der Waals surface area contributed by atoms with Gasteiger partial charge in [-0.1, -0.05) is 18.2 Å². The molecule has 0 spiro atoms. The van der Waals surface area contributed by atoms with Gasteiger partial charge < -0.3 is 14.9 Å². The Bertz CT molecular complexity index is 872. The molecule has 1 aromatic heterocycles. The molecule has 0 amide bonds. The molecule has 1 aliphatic rings. The van der Waals surface area contributed by atoms with Gasteiger partial charge in [0.15, 0.2) is 0 Å². The highest BCUT2D eigenvalue weighted by molar-refractivity contribution is 5.95. The topological polar surface area (TPSA) is 111 Å². The number of benzene rings is 1. The molecule has 0 saturated carbocycles. The Morgan fingerprint density at radius 2 is 1.96 bits per heavy atom. The first-order valence-corrected chi connectivity index (χ1v) is 7.33. The summed E-state index contributed by atoms with van der Waals surface area (Å²) in [5.74, 6) is -0.758. The molecule has 8 nitrogen and oxygen atoms in total. The zero-order valence-corrected chi connectivity index (χ0v) is 12.7. The quantitative estimate of drug-likeness (QED) is 0.745. The van der Waals surface area contributed by atoms with Crippen LogP contribution in [0.3, 0.4) is 0 Å². The minimum atomic E-state index is -1.65. The highest BCUT2D eigenvalue weighted by Gasteiger charge is 2.44. The molecule has 1 aromatic carbocycles. The number of hydrogen-bond acceptors (Lipinski definition) is 6. The predicted octanol–water partition coefficient (Wildman–Crippen LogP) is -1.01. The summed E-state index contributed by atoms with van der Waals surface area (Å²) in [6.45, 7) is -0.781. The van der Waals surface area contributed by atoms with Crippen LogP contribution in [-0.4, -0.2) is 50.7 Å². The van der Waals surface area contributed by atoms with Gasteiger partial charge in [0, 0.05) is 17.8 Å². The zero-order chi connectivity index (χ0) is 17.3. The fourth-order valence-corrected chi connectivity index (χ4v) is 2.71. The van der Waals surface area contributed by atoms with Crippen LogP contribution in [0.2, 0.25) is 0 Å². The second kappa shape index (κ2) is 6.16. The number of hydrogen-bond donors (Lipinski definition) is 2. The van der Waals surface area contributed by atoms with E-state index in [1.165, 1.54) is 18.3 Å². The number of aliphatic hydroxyl groups excluding tert-OH is 1. The van der Waals surface area contributed by atoms with E-state index < -0.39 is 35.4 Å². The molecular formula is C16H16N2O6. The molecule has 2 N–H and O–H groups in total. The van der Waals surface area contributed by atoms with E-state index in [9.17, 15) is 24.6 Å². The first-order chi connectivity index (χ1) is 11.5. The molecule has 1 aliphatic heterocycles. The summed E-state index contributed by atoms with van der Waals surface area (Å²) in [7, 11) is 0. The Kier molecular flexibility index (Phi) is 4.18. The van der Waals surface area contributed by atoms with Gasteiger partial charge >= 0.3 is 5.69 Å². The van der Waals surface area contributed by atoms with Crippen LogP contribution in [0.25, 0.3) is 0 Å². The van der Waals surface area contributed by atoms with Gasteiger partial charge in [0.05, 0.1) is 25.9 Å². The van der Waals surface area contributed by atoms with Gasteiger partial charge in [0.2, 0.25) is 0 Å². The first-order valence-electron chi connectivity index (χ1n) is 7.33. The molecular weight excluding hydrogens is 316 g/mol. The van der Waals surface area contributed by atoms with E-state index in [0.717, 1.165) is 10.6 Å². The van der Waals surface area contributed by atoms with Crippen molar-refractivity contribution in [2.24, 2.45) is 0 Å². The van der Waals surface area contributed by atoms with Crippen molar-refractivity contribution in [2.75, 3.05) is 19.8 Å². The molecule has 1 fully saturated rings. The Labute approximate surface area is 136 Å². The predicted molar refractivity (Wildman–Crippen MR) is 83.0 cm³/mol. The van der Waals surface area contributed by atoms with Crippen LogP contribution in [0.1, 0.15) is 16.4 Å². The van der Waals surface area contributed by atoms with E-state index in [-0.39, 0.29) is 18.8 Å². The lowest BCUT2D eigenvalue weighted by Gasteiger charge is -2.27. The van der Waals surface area contributed by atoms with Gasteiger partial charge in [0.1, 0.15) is 5.60 Å². The van der Waals surface area contributed by atoms with Crippen LogP contribution in [0, 0.1) is 0 Å². The third kappa shape index (κ3) is 2.60. The number of nitrogens with zero attached hydrogens (tertiary/aromatic N) is 2. The number of carbonyl (C=O) groups is 1. The second-order valence-corrected chi connectivity index (χ2v) is 5.64. The highest BCUT2D eigenvalue weighted by Crippen LogP contribution is 2.28. The van der Waals surface area contributed by atoms with Crippen LogP contribution in [0.15, 0.2) is 52.2 Å². The van der Waals surface area contributed by atoms with E-state index in [0.29, 0.717) is 4.57 Å². The van der Waals surface area contributed by atoms with Crippen molar-refractivity contribution in [2.45, 2.75) is 11.6 Å². The first kappa shape index (κ1) is 16.3. The van der Waals surface area contributed by atoms with Crippen molar-refractivity contribution in [3.63, 3.8) is 0 Å². The van der Waals surface area contributed by atoms with Crippen molar-refractivity contribution in [3.05, 3.63) is 69.0 Å². The van der Waals surface area contributed by atoms with Gasteiger partial charge in [-0.3, -0.25) is 14.2 Å². The Hall–Kier alpha value is -2.55. The van der Waals surface area contributed by atoms with Crippen molar-refractivity contribution >= 4 is 5.91 Å². The standard InChI is InChI=1S/C16H16N2O6/c19-9-16(23)10-24-8-12(16)17-7-6-13(20)18(15(17)22)14(21)11-4-2-1-3-5-11/h1-7,12,19,23H,8-10H2/t12-,16-/m1/s1. The molecule has 8 heteroatoms. The minimum Gasteiger partial charge on any atom is -0.393 e.